The Morgan fingerprint density at radius 1 is 1.12 bits per heavy atom. The zero-order valence-corrected chi connectivity index (χ0v) is 18.8. The lowest BCUT2D eigenvalue weighted by atomic mass is 9.96. The van der Waals surface area contributed by atoms with Crippen molar-refractivity contribution in [2.24, 2.45) is 11.7 Å². The van der Waals surface area contributed by atoms with Crippen molar-refractivity contribution in [1.29, 1.82) is 5.26 Å². The minimum Gasteiger partial charge on any atom is -0.335 e. The summed E-state index contributed by atoms with van der Waals surface area (Å²) >= 11 is 0. The van der Waals surface area contributed by atoms with Gasteiger partial charge in [0, 0.05) is 24.7 Å². The molecule has 2 aromatic carbocycles. The van der Waals surface area contributed by atoms with Crippen LogP contribution >= 0.6 is 0 Å². The molecule has 2 N–H and O–H groups in total. The van der Waals surface area contributed by atoms with Crippen LogP contribution in [0.25, 0.3) is 16.9 Å². The van der Waals surface area contributed by atoms with E-state index in [0.717, 1.165) is 24.8 Å². The van der Waals surface area contributed by atoms with Crippen LogP contribution in [0.4, 0.5) is 8.78 Å². The number of amides is 1. The molecule has 34 heavy (non-hydrogen) atoms. The summed E-state index contributed by atoms with van der Waals surface area (Å²) in [6.45, 7) is 3.02. The lowest BCUT2D eigenvalue weighted by Crippen LogP contribution is -2.48. The van der Waals surface area contributed by atoms with E-state index in [1.54, 1.807) is 29.2 Å². The van der Waals surface area contributed by atoms with Crippen LogP contribution in [0.1, 0.15) is 53.7 Å². The van der Waals surface area contributed by atoms with Gasteiger partial charge in [-0.1, -0.05) is 19.1 Å². The molecule has 1 saturated heterocycles. The Morgan fingerprint density at radius 3 is 2.56 bits per heavy atom. The lowest BCUT2D eigenvalue weighted by molar-refractivity contribution is 0.0654. The number of nitrogens with two attached hydrogens (primary N) is 1. The quantitative estimate of drug-likeness (QED) is 0.625. The molecule has 2 fully saturated rings. The Hall–Kier alpha value is -3.57. The fraction of sp³-hybridized carbons (Fsp3) is 0.346. The van der Waals surface area contributed by atoms with Crippen molar-refractivity contribution in [3.8, 4) is 23.0 Å². The van der Waals surface area contributed by atoms with E-state index in [0.29, 0.717) is 30.3 Å². The van der Waals surface area contributed by atoms with Gasteiger partial charge in [0.1, 0.15) is 23.4 Å². The van der Waals surface area contributed by atoms with Gasteiger partial charge in [-0.15, -0.1) is 0 Å². The van der Waals surface area contributed by atoms with Crippen molar-refractivity contribution in [1.82, 2.24) is 14.7 Å². The minimum atomic E-state index is -0.694. The number of carbonyl (C=O) groups excluding carboxylic acids is 1. The first kappa shape index (κ1) is 22.2. The second kappa shape index (κ2) is 8.65. The van der Waals surface area contributed by atoms with E-state index in [4.69, 9.17) is 11.0 Å². The van der Waals surface area contributed by atoms with Gasteiger partial charge in [-0.25, -0.2) is 13.5 Å². The molecule has 6 nitrogen and oxygen atoms in total. The number of carbonyl (C=O) groups is 1. The van der Waals surface area contributed by atoms with Gasteiger partial charge in [0.15, 0.2) is 5.69 Å². The summed E-state index contributed by atoms with van der Waals surface area (Å²) in [5.74, 6) is -0.812. The third kappa shape index (κ3) is 4.19. The summed E-state index contributed by atoms with van der Waals surface area (Å²) in [6.07, 6.45) is 2.93. The normalized spacial score (nSPS) is 20.3. The highest BCUT2D eigenvalue weighted by molar-refractivity contribution is 5.94. The first-order chi connectivity index (χ1) is 16.3. The van der Waals surface area contributed by atoms with E-state index < -0.39 is 11.6 Å². The number of benzene rings is 2. The number of rotatable bonds is 4. The second-order valence-electron chi connectivity index (χ2n) is 9.43. The smallest absolute Gasteiger partial charge is 0.274 e. The van der Waals surface area contributed by atoms with Crippen molar-refractivity contribution >= 4 is 5.91 Å². The maximum Gasteiger partial charge on any atom is 0.274 e. The average Bonchev–Trinajstić information content (AvgIpc) is 3.56. The molecular formula is C26H25F2N5O. The fourth-order valence-corrected chi connectivity index (χ4v) is 4.73. The summed E-state index contributed by atoms with van der Waals surface area (Å²) < 4.78 is 31.0. The number of hydrogen-bond acceptors (Lipinski definition) is 4. The molecule has 5 rings (SSSR count). The number of piperidine rings is 1. The molecule has 2 heterocycles. The Bertz CT molecular complexity index is 1300. The minimum absolute atomic E-state index is 0.0950. The third-order valence-electron chi connectivity index (χ3n) is 6.54. The van der Waals surface area contributed by atoms with Crippen LogP contribution in [-0.4, -0.2) is 39.7 Å². The van der Waals surface area contributed by atoms with Gasteiger partial charge in [-0.3, -0.25) is 4.79 Å². The van der Waals surface area contributed by atoms with Crippen molar-refractivity contribution in [3.05, 3.63) is 70.9 Å². The number of nitrogens with zero attached hydrogens (tertiary/aromatic N) is 4. The molecule has 1 aromatic heterocycles. The van der Waals surface area contributed by atoms with Crippen molar-refractivity contribution in [3.63, 3.8) is 0 Å². The van der Waals surface area contributed by atoms with E-state index in [1.165, 1.54) is 22.9 Å². The first-order valence-corrected chi connectivity index (χ1v) is 11.5. The van der Waals surface area contributed by atoms with E-state index in [-0.39, 0.29) is 34.8 Å². The number of nitriles is 1. The van der Waals surface area contributed by atoms with Crippen LogP contribution < -0.4 is 5.73 Å². The SMILES string of the molecule is C[C@H]1C[C@@H](N)CN(C(=O)c2cc(-c3ccc(C#N)c(F)c3)n(-c3ccc(C4CC4)cc3F)n2)C1. The molecule has 3 aromatic rings. The molecule has 2 aliphatic rings. The van der Waals surface area contributed by atoms with Crippen LogP contribution in [0, 0.1) is 28.9 Å². The predicted molar refractivity (Wildman–Crippen MR) is 123 cm³/mol. The van der Waals surface area contributed by atoms with Crippen LogP contribution in [-0.2, 0) is 0 Å². The number of aromatic nitrogens is 2. The summed E-state index contributed by atoms with van der Waals surface area (Å²) in [5.41, 5.74) is 8.01. The number of hydrogen-bond donors (Lipinski definition) is 1. The molecule has 1 aliphatic carbocycles. The Kier molecular flexibility index (Phi) is 5.66. The van der Waals surface area contributed by atoms with Crippen molar-refractivity contribution in [2.45, 2.75) is 38.1 Å². The Labute approximate surface area is 196 Å². The zero-order chi connectivity index (χ0) is 24.0. The average molecular weight is 462 g/mol. The van der Waals surface area contributed by atoms with Crippen LogP contribution in [0.15, 0.2) is 42.5 Å². The van der Waals surface area contributed by atoms with E-state index >= 15 is 4.39 Å². The van der Waals surface area contributed by atoms with Crippen LogP contribution in [0.5, 0.6) is 0 Å². The summed E-state index contributed by atoms with van der Waals surface area (Å²) in [5, 5.41) is 13.5. The maximum atomic E-state index is 15.2. The van der Waals surface area contributed by atoms with Gasteiger partial charge in [-0.05, 0) is 67.0 Å². The first-order valence-electron chi connectivity index (χ1n) is 11.5. The van der Waals surface area contributed by atoms with Gasteiger partial charge < -0.3 is 10.6 Å². The molecule has 0 spiro atoms. The Morgan fingerprint density at radius 2 is 1.91 bits per heavy atom. The van der Waals surface area contributed by atoms with Gasteiger partial charge in [0.05, 0.1) is 11.3 Å². The van der Waals surface area contributed by atoms with E-state index in [9.17, 15) is 9.18 Å². The molecule has 174 valence electrons. The molecule has 0 bridgehead atoms. The zero-order valence-electron chi connectivity index (χ0n) is 18.8. The monoisotopic (exact) mass is 461 g/mol. The predicted octanol–water partition coefficient (Wildman–Crippen LogP) is 4.38. The lowest BCUT2D eigenvalue weighted by Gasteiger charge is -2.34. The fourth-order valence-electron chi connectivity index (χ4n) is 4.73. The summed E-state index contributed by atoms with van der Waals surface area (Å²) in [7, 11) is 0. The molecular weight excluding hydrogens is 436 g/mol. The number of likely N-dealkylation sites (tertiary alicyclic amines) is 1. The van der Waals surface area contributed by atoms with Crippen LogP contribution in [0.2, 0.25) is 0 Å². The van der Waals surface area contributed by atoms with Crippen molar-refractivity contribution < 1.29 is 13.6 Å². The molecule has 1 saturated carbocycles. The van der Waals surface area contributed by atoms with Crippen molar-refractivity contribution in [2.75, 3.05) is 13.1 Å². The molecule has 1 aliphatic heterocycles. The third-order valence-corrected chi connectivity index (χ3v) is 6.54. The standard InChI is InChI=1S/C26H25F2N5O/c1-15-8-20(30)14-32(13-15)26(34)23-11-25(18-4-5-19(12-29)21(27)10-18)33(31-23)24-7-6-17(9-22(24)28)16-2-3-16/h4-7,9-11,15-16,20H,2-3,8,13-14,30H2,1H3/t15-,20+/m0/s1. The second-order valence-corrected chi connectivity index (χ2v) is 9.43. The number of halogens is 2. The highest BCUT2D eigenvalue weighted by Gasteiger charge is 2.30. The van der Waals surface area contributed by atoms with Crippen LogP contribution in [0.3, 0.4) is 0 Å². The molecule has 1 amide bonds. The summed E-state index contributed by atoms with van der Waals surface area (Å²) in [6, 6.07) is 12.4. The molecule has 8 heteroatoms. The van der Waals surface area contributed by atoms with Gasteiger partial charge >= 0.3 is 0 Å². The van der Waals surface area contributed by atoms with E-state index in [1.807, 2.05) is 13.0 Å². The Balaban J connectivity index is 1.59. The van der Waals surface area contributed by atoms with Gasteiger partial charge in [0.25, 0.3) is 5.91 Å². The van der Waals surface area contributed by atoms with E-state index in [2.05, 4.69) is 5.10 Å². The molecule has 0 unspecified atom stereocenters. The largest absolute Gasteiger partial charge is 0.335 e. The highest BCUT2D eigenvalue weighted by atomic mass is 19.1. The topological polar surface area (TPSA) is 87.9 Å². The van der Waals surface area contributed by atoms with Gasteiger partial charge in [0.2, 0.25) is 0 Å². The highest BCUT2D eigenvalue weighted by Crippen LogP contribution is 2.41. The maximum absolute atomic E-state index is 15.2. The molecule has 2 atom stereocenters. The summed E-state index contributed by atoms with van der Waals surface area (Å²) in [4.78, 5) is 15.0. The molecule has 0 radical (unpaired) electrons. The van der Waals surface area contributed by atoms with Gasteiger partial charge in [-0.2, -0.15) is 10.4 Å².